The Balaban J connectivity index is 1.91. The van der Waals surface area contributed by atoms with Crippen molar-refractivity contribution in [3.8, 4) is 5.75 Å². The van der Waals surface area contributed by atoms with E-state index in [2.05, 4.69) is 20.4 Å². The Morgan fingerprint density at radius 2 is 1.83 bits per heavy atom. The van der Waals surface area contributed by atoms with E-state index >= 15 is 0 Å². The van der Waals surface area contributed by atoms with Gasteiger partial charge in [0.1, 0.15) is 0 Å². The molecule has 0 radical (unpaired) electrons. The first-order valence-corrected chi connectivity index (χ1v) is 6.68. The van der Waals surface area contributed by atoms with Gasteiger partial charge in [-0.15, -0.1) is 0 Å². The summed E-state index contributed by atoms with van der Waals surface area (Å²) in [5, 5.41) is 4.53. The average Bonchev–Trinajstić information content (AvgIpc) is 2.55. The van der Waals surface area contributed by atoms with Crippen LogP contribution >= 0.6 is 0 Å². The van der Waals surface area contributed by atoms with Crippen molar-refractivity contribution < 1.29 is 27.5 Å². The number of hydrogen-bond donors (Lipinski definition) is 2. The summed E-state index contributed by atoms with van der Waals surface area (Å²) in [7, 11) is 0. The second kappa shape index (κ2) is 7.95. The lowest BCUT2D eigenvalue weighted by Gasteiger charge is -2.09. The molecule has 1 aromatic carbocycles. The minimum atomic E-state index is -3.17. The van der Waals surface area contributed by atoms with Crippen molar-refractivity contribution in [3.05, 3.63) is 54.1 Å². The summed E-state index contributed by atoms with van der Waals surface area (Å²) in [4.78, 5) is 27.2. The van der Waals surface area contributed by atoms with Gasteiger partial charge in [0.15, 0.2) is 11.6 Å². The molecule has 0 unspecified atom stereocenters. The zero-order valence-corrected chi connectivity index (χ0v) is 12.1. The molecule has 0 fully saturated rings. The van der Waals surface area contributed by atoms with Crippen molar-refractivity contribution in [1.82, 2.24) is 10.3 Å². The number of halogens is 3. The van der Waals surface area contributed by atoms with Gasteiger partial charge in [-0.25, -0.2) is 4.39 Å². The average molecular weight is 339 g/mol. The Hall–Kier alpha value is -3.10. The van der Waals surface area contributed by atoms with Gasteiger partial charge in [-0.3, -0.25) is 14.6 Å². The summed E-state index contributed by atoms with van der Waals surface area (Å²) >= 11 is 0. The van der Waals surface area contributed by atoms with Crippen LogP contribution in [0.3, 0.4) is 0 Å². The maximum absolute atomic E-state index is 13.5. The highest BCUT2D eigenvalue weighted by atomic mass is 19.3. The molecule has 0 spiro atoms. The summed E-state index contributed by atoms with van der Waals surface area (Å²) in [5.41, 5.74) is 0.670. The first-order valence-electron chi connectivity index (χ1n) is 6.68. The molecule has 126 valence electrons. The van der Waals surface area contributed by atoms with Gasteiger partial charge in [0.25, 0.3) is 0 Å². The monoisotopic (exact) mass is 339 g/mol. The molecule has 9 heteroatoms. The molecule has 2 N–H and O–H groups in total. The number of pyridine rings is 1. The second-order valence-corrected chi connectivity index (χ2v) is 4.52. The zero-order chi connectivity index (χ0) is 17.5. The third-order valence-electron chi connectivity index (χ3n) is 2.81. The fraction of sp³-hybridized carbons (Fsp3) is 0.133. The number of nitrogens with zero attached hydrogens (tertiary/aromatic N) is 1. The van der Waals surface area contributed by atoms with Crippen LogP contribution in [0.1, 0.15) is 5.56 Å². The van der Waals surface area contributed by atoms with Gasteiger partial charge >= 0.3 is 18.4 Å². The number of nitrogens with one attached hydrogen (secondary N) is 2. The van der Waals surface area contributed by atoms with Crippen molar-refractivity contribution >= 4 is 17.5 Å². The standard InChI is InChI=1S/C15H12F3N3O3/c16-11-7-10(1-2-12(11)24-15(17)18)21-14(23)13(22)20-8-9-3-5-19-6-4-9/h1-7,15H,8H2,(H,20,22)(H,21,23). The highest BCUT2D eigenvalue weighted by Crippen LogP contribution is 2.22. The summed E-state index contributed by atoms with van der Waals surface area (Å²) < 4.78 is 41.5. The molecule has 1 aromatic heterocycles. The Bertz CT molecular complexity index is 726. The summed E-state index contributed by atoms with van der Waals surface area (Å²) in [6.45, 7) is -3.05. The molecule has 0 aliphatic carbocycles. The molecule has 0 aliphatic rings. The fourth-order valence-electron chi connectivity index (χ4n) is 1.72. The van der Waals surface area contributed by atoms with Gasteiger partial charge in [-0.2, -0.15) is 8.78 Å². The van der Waals surface area contributed by atoms with Crippen molar-refractivity contribution in [3.63, 3.8) is 0 Å². The lowest BCUT2D eigenvalue weighted by Crippen LogP contribution is -2.34. The van der Waals surface area contributed by atoms with Crippen LogP contribution in [0.4, 0.5) is 18.9 Å². The van der Waals surface area contributed by atoms with Gasteiger partial charge in [0.05, 0.1) is 0 Å². The summed E-state index contributed by atoms with van der Waals surface area (Å²) in [6, 6.07) is 6.15. The number of rotatable bonds is 5. The number of carbonyl (C=O) groups is 2. The molecule has 0 saturated heterocycles. The van der Waals surface area contributed by atoms with Crippen LogP contribution in [0, 0.1) is 5.82 Å². The molecule has 6 nitrogen and oxygen atoms in total. The zero-order valence-electron chi connectivity index (χ0n) is 12.1. The van der Waals surface area contributed by atoms with Gasteiger partial charge in [-0.1, -0.05) is 0 Å². The third kappa shape index (κ3) is 4.97. The number of alkyl halides is 2. The molecule has 2 amide bonds. The van der Waals surface area contributed by atoms with Crippen LogP contribution in [-0.4, -0.2) is 23.4 Å². The van der Waals surface area contributed by atoms with Gasteiger partial charge in [0.2, 0.25) is 0 Å². The highest BCUT2D eigenvalue weighted by molar-refractivity contribution is 6.39. The Morgan fingerprint density at radius 1 is 1.12 bits per heavy atom. The van der Waals surface area contributed by atoms with E-state index in [1.165, 1.54) is 12.4 Å². The first kappa shape index (κ1) is 17.3. The number of ether oxygens (including phenoxy) is 1. The van der Waals surface area contributed by atoms with Gasteiger partial charge in [0, 0.05) is 30.7 Å². The Kier molecular flexibility index (Phi) is 5.72. The number of hydrogen-bond acceptors (Lipinski definition) is 4. The molecule has 1 heterocycles. The smallest absolute Gasteiger partial charge is 0.387 e. The van der Waals surface area contributed by atoms with E-state index in [1.54, 1.807) is 12.1 Å². The molecule has 0 atom stereocenters. The van der Waals surface area contributed by atoms with Crippen molar-refractivity contribution in [2.45, 2.75) is 13.2 Å². The van der Waals surface area contributed by atoms with Crippen LogP contribution in [0.2, 0.25) is 0 Å². The lowest BCUT2D eigenvalue weighted by atomic mass is 10.2. The SMILES string of the molecule is O=C(NCc1ccncc1)C(=O)Nc1ccc(OC(F)F)c(F)c1. The fourth-order valence-corrected chi connectivity index (χ4v) is 1.72. The predicted octanol–water partition coefficient (Wildman–Crippen LogP) is 2.08. The molecule has 0 saturated carbocycles. The molecule has 2 rings (SSSR count). The van der Waals surface area contributed by atoms with E-state index in [1.807, 2.05) is 0 Å². The topological polar surface area (TPSA) is 80.3 Å². The Morgan fingerprint density at radius 3 is 2.46 bits per heavy atom. The lowest BCUT2D eigenvalue weighted by molar-refractivity contribution is -0.136. The number of benzene rings is 1. The third-order valence-corrected chi connectivity index (χ3v) is 2.81. The van der Waals surface area contributed by atoms with Gasteiger partial charge in [-0.05, 0) is 29.8 Å². The van der Waals surface area contributed by atoms with Gasteiger partial charge < -0.3 is 15.4 Å². The minimum Gasteiger partial charge on any atom is -0.432 e. The van der Waals surface area contributed by atoms with Crippen LogP contribution in [0.5, 0.6) is 5.75 Å². The first-order chi connectivity index (χ1) is 11.5. The molecular formula is C15H12F3N3O3. The van der Waals surface area contributed by atoms with Crippen molar-refractivity contribution in [2.75, 3.05) is 5.32 Å². The number of amides is 2. The number of anilines is 1. The largest absolute Gasteiger partial charge is 0.432 e. The molecule has 24 heavy (non-hydrogen) atoms. The van der Waals surface area contributed by atoms with E-state index < -0.39 is 30.0 Å². The molecule has 2 aromatic rings. The van der Waals surface area contributed by atoms with E-state index in [4.69, 9.17) is 0 Å². The van der Waals surface area contributed by atoms with Crippen LogP contribution in [0.15, 0.2) is 42.7 Å². The number of carbonyl (C=O) groups excluding carboxylic acids is 2. The van der Waals surface area contributed by atoms with Crippen LogP contribution < -0.4 is 15.4 Å². The van der Waals surface area contributed by atoms with E-state index in [9.17, 15) is 22.8 Å². The maximum Gasteiger partial charge on any atom is 0.387 e. The summed E-state index contributed by atoms with van der Waals surface area (Å²) in [5.74, 6) is -3.71. The predicted molar refractivity (Wildman–Crippen MR) is 77.7 cm³/mol. The summed E-state index contributed by atoms with van der Waals surface area (Å²) in [6.07, 6.45) is 3.07. The van der Waals surface area contributed by atoms with E-state index in [-0.39, 0.29) is 12.2 Å². The number of aromatic nitrogens is 1. The Labute approximate surface area is 134 Å². The normalized spacial score (nSPS) is 10.3. The highest BCUT2D eigenvalue weighted by Gasteiger charge is 2.15. The maximum atomic E-state index is 13.5. The van der Waals surface area contributed by atoms with Crippen molar-refractivity contribution in [2.24, 2.45) is 0 Å². The van der Waals surface area contributed by atoms with Crippen molar-refractivity contribution in [1.29, 1.82) is 0 Å². The molecular weight excluding hydrogens is 327 g/mol. The minimum absolute atomic E-state index is 0.0711. The van der Waals surface area contributed by atoms with E-state index in [0.717, 1.165) is 23.8 Å². The molecule has 0 bridgehead atoms. The molecule has 0 aliphatic heterocycles. The second-order valence-electron chi connectivity index (χ2n) is 4.52. The van der Waals surface area contributed by atoms with Crippen LogP contribution in [0.25, 0.3) is 0 Å². The quantitative estimate of drug-likeness (QED) is 0.818. The van der Waals surface area contributed by atoms with Crippen LogP contribution in [-0.2, 0) is 16.1 Å². The van der Waals surface area contributed by atoms with E-state index in [0.29, 0.717) is 0 Å².